The van der Waals surface area contributed by atoms with Crippen LogP contribution in [0.3, 0.4) is 0 Å². The van der Waals surface area contributed by atoms with E-state index in [1.165, 1.54) is 17.7 Å². The van der Waals surface area contributed by atoms with Crippen LogP contribution in [0.4, 0.5) is 0 Å². The summed E-state index contributed by atoms with van der Waals surface area (Å²) >= 11 is 1.72. The van der Waals surface area contributed by atoms with Crippen molar-refractivity contribution in [3.63, 3.8) is 0 Å². The maximum Gasteiger partial charge on any atom is 0.251 e. The van der Waals surface area contributed by atoms with Crippen LogP contribution in [0.25, 0.3) is 11.1 Å². The standard InChI is InChI=1S/C21H23N3OS/c1-13(11-18-7-4-10-26-18)22-21(25)17-6-3-5-16(12-17)19-14(2)23-24-20(19)15-8-9-15/h3-7,10,12-13,15H,8-9,11H2,1-2H3,(H,22,25)(H,23,24). The van der Waals surface area contributed by atoms with Gasteiger partial charge < -0.3 is 5.32 Å². The molecule has 0 radical (unpaired) electrons. The molecule has 1 amide bonds. The molecule has 1 aromatic carbocycles. The number of nitrogens with one attached hydrogen (secondary N) is 2. The molecule has 1 aliphatic carbocycles. The van der Waals surface area contributed by atoms with E-state index in [4.69, 9.17) is 0 Å². The molecule has 1 unspecified atom stereocenters. The van der Waals surface area contributed by atoms with Gasteiger partial charge in [-0.1, -0.05) is 18.2 Å². The fourth-order valence-corrected chi connectivity index (χ4v) is 4.20. The smallest absolute Gasteiger partial charge is 0.251 e. The molecule has 4 rings (SSSR count). The minimum Gasteiger partial charge on any atom is -0.349 e. The van der Waals surface area contributed by atoms with E-state index in [-0.39, 0.29) is 11.9 Å². The summed E-state index contributed by atoms with van der Waals surface area (Å²) in [5.74, 6) is 0.545. The van der Waals surface area contributed by atoms with Gasteiger partial charge in [0.2, 0.25) is 0 Å². The van der Waals surface area contributed by atoms with E-state index in [1.54, 1.807) is 11.3 Å². The molecule has 1 saturated carbocycles. The van der Waals surface area contributed by atoms with Crippen molar-refractivity contribution in [2.75, 3.05) is 0 Å². The van der Waals surface area contributed by atoms with Crippen LogP contribution in [0.15, 0.2) is 41.8 Å². The Labute approximate surface area is 157 Å². The Bertz CT molecular complexity index is 909. The van der Waals surface area contributed by atoms with Crippen molar-refractivity contribution in [1.82, 2.24) is 15.5 Å². The van der Waals surface area contributed by atoms with Gasteiger partial charge in [-0.15, -0.1) is 11.3 Å². The molecule has 2 N–H and O–H groups in total. The lowest BCUT2D eigenvalue weighted by Gasteiger charge is -2.14. The third-order valence-electron chi connectivity index (χ3n) is 4.82. The van der Waals surface area contributed by atoms with Gasteiger partial charge in [0.15, 0.2) is 0 Å². The van der Waals surface area contributed by atoms with Gasteiger partial charge in [-0.25, -0.2) is 0 Å². The van der Waals surface area contributed by atoms with Gasteiger partial charge in [0.05, 0.1) is 5.69 Å². The first-order valence-electron chi connectivity index (χ1n) is 9.10. The first-order chi connectivity index (χ1) is 12.6. The maximum absolute atomic E-state index is 12.7. The van der Waals surface area contributed by atoms with Crippen LogP contribution in [-0.2, 0) is 6.42 Å². The molecule has 5 heteroatoms. The number of benzene rings is 1. The normalized spacial score (nSPS) is 15.0. The van der Waals surface area contributed by atoms with Gasteiger partial charge in [0.1, 0.15) is 0 Å². The van der Waals surface area contributed by atoms with E-state index in [0.717, 1.165) is 28.9 Å². The topological polar surface area (TPSA) is 57.8 Å². The second-order valence-corrected chi connectivity index (χ2v) is 8.15. The number of aryl methyl sites for hydroxylation is 1. The van der Waals surface area contributed by atoms with Crippen molar-refractivity contribution < 1.29 is 4.79 Å². The molecule has 1 aliphatic rings. The summed E-state index contributed by atoms with van der Waals surface area (Å²) in [7, 11) is 0. The number of H-pyrrole nitrogens is 1. The minimum absolute atomic E-state index is 0.0231. The number of amides is 1. The van der Waals surface area contributed by atoms with Gasteiger partial charge in [-0.05, 0) is 55.8 Å². The predicted molar refractivity (Wildman–Crippen MR) is 106 cm³/mol. The third-order valence-corrected chi connectivity index (χ3v) is 5.72. The van der Waals surface area contributed by atoms with Gasteiger partial charge >= 0.3 is 0 Å². The Hall–Kier alpha value is -2.40. The Morgan fingerprint density at radius 2 is 2.19 bits per heavy atom. The minimum atomic E-state index is -0.0231. The van der Waals surface area contributed by atoms with E-state index in [2.05, 4.69) is 33.0 Å². The van der Waals surface area contributed by atoms with Crippen molar-refractivity contribution in [1.29, 1.82) is 0 Å². The molecule has 26 heavy (non-hydrogen) atoms. The van der Waals surface area contributed by atoms with Gasteiger partial charge in [0.25, 0.3) is 5.91 Å². The van der Waals surface area contributed by atoms with E-state index in [9.17, 15) is 4.79 Å². The van der Waals surface area contributed by atoms with Crippen LogP contribution in [-0.4, -0.2) is 22.1 Å². The highest BCUT2D eigenvalue weighted by Crippen LogP contribution is 2.44. The summed E-state index contributed by atoms with van der Waals surface area (Å²) in [5.41, 5.74) is 5.13. The monoisotopic (exact) mass is 365 g/mol. The lowest BCUT2D eigenvalue weighted by atomic mass is 9.99. The molecular weight excluding hydrogens is 342 g/mol. The summed E-state index contributed by atoms with van der Waals surface area (Å²) in [6, 6.07) is 12.1. The van der Waals surface area contributed by atoms with Crippen molar-refractivity contribution >= 4 is 17.2 Å². The Morgan fingerprint density at radius 3 is 2.92 bits per heavy atom. The zero-order valence-corrected chi connectivity index (χ0v) is 15.9. The number of rotatable bonds is 6. The Balaban J connectivity index is 1.52. The molecule has 0 aliphatic heterocycles. The SMILES string of the molecule is Cc1[nH]nc(C2CC2)c1-c1cccc(C(=O)NC(C)Cc2cccs2)c1. The average Bonchev–Trinajstić information content (AvgIpc) is 3.21. The third kappa shape index (κ3) is 3.58. The van der Waals surface area contributed by atoms with Crippen molar-refractivity contribution in [2.45, 2.75) is 45.1 Å². The Morgan fingerprint density at radius 1 is 1.35 bits per heavy atom. The van der Waals surface area contributed by atoms with Gasteiger partial charge in [0, 0.05) is 40.1 Å². The molecule has 3 aromatic rings. The molecule has 2 aromatic heterocycles. The van der Waals surface area contributed by atoms with Crippen LogP contribution in [0, 0.1) is 6.92 Å². The van der Waals surface area contributed by atoms with E-state index in [0.29, 0.717) is 11.5 Å². The number of hydrogen-bond donors (Lipinski definition) is 2. The second kappa shape index (κ2) is 7.08. The molecule has 0 spiro atoms. The van der Waals surface area contributed by atoms with Crippen LogP contribution in [0.1, 0.15) is 52.3 Å². The Kier molecular flexibility index (Phi) is 4.64. The van der Waals surface area contributed by atoms with Crippen molar-refractivity contribution in [2.24, 2.45) is 0 Å². The van der Waals surface area contributed by atoms with Crippen LogP contribution in [0.2, 0.25) is 0 Å². The van der Waals surface area contributed by atoms with Gasteiger partial charge in [-0.3, -0.25) is 9.89 Å². The number of thiophene rings is 1. The zero-order valence-electron chi connectivity index (χ0n) is 15.1. The van der Waals surface area contributed by atoms with Gasteiger partial charge in [-0.2, -0.15) is 5.10 Å². The molecular formula is C21H23N3OS. The van der Waals surface area contributed by atoms with Crippen LogP contribution in [0.5, 0.6) is 0 Å². The van der Waals surface area contributed by atoms with E-state index >= 15 is 0 Å². The number of carbonyl (C=O) groups is 1. The highest BCUT2D eigenvalue weighted by atomic mass is 32.1. The quantitative estimate of drug-likeness (QED) is 0.666. The first kappa shape index (κ1) is 17.0. The fraction of sp³-hybridized carbons (Fsp3) is 0.333. The largest absolute Gasteiger partial charge is 0.349 e. The van der Waals surface area contributed by atoms with Crippen LogP contribution >= 0.6 is 11.3 Å². The second-order valence-electron chi connectivity index (χ2n) is 7.12. The van der Waals surface area contributed by atoms with Crippen molar-refractivity contribution in [3.05, 3.63) is 63.6 Å². The molecule has 0 saturated heterocycles. The van der Waals surface area contributed by atoms with Crippen molar-refractivity contribution in [3.8, 4) is 11.1 Å². The highest BCUT2D eigenvalue weighted by molar-refractivity contribution is 7.09. The molecule has 1 fully saturated rings. The summed E-state index contributed by atoms with van der Waals surface area (Å²) in [6.07, 6.45) is 3.27. The molecule has 2 heterocycles. The molecule has 1 atom stereocenters. The highest BCUT2D eigenvalue weighted by Gasteiger charge is 2.30. The lowest BCUT2D eigenvalue weighted by molar-refractivity contribution is 0.0940. The summed E-state index contributed by atoms with van der Waals surface area (Å²) in [6.45, 7) is 4.09. The summed E-state index contributed by atoms with van der Waals surface area (Å²) in [4.78, 5) is 14.0. The molecule has 134 valence electrons. The number of aromatic amines is 1. The maximum atomic E-state index is 12.7. The first-order valence-corrected chi connectivity index (χ1v) is 9.98. The fourth-order valence-electron chi connectivity index (χ4n) is 3.37. The number of aromatic nitrogens is 2. The average molecular weight is 366 g/mol. The van der Waals surface area contributed by atoms with E-state index < -0.39 is 0 Å². The molecule has 0 bridgehead atoms. The summed E-state index contributed by atoms with van der Waals surface area (Å²) < 4.78 is 0. The zero-order chi connectivity index (χ0) is 18.1. The van der Waals surface area contributed by atoms with E-state index in [1.807, 2.05) is 38.1 Å². The number of hydrogen-bond acceptors (Lipinski definition) is 3. The molecule has 4 nitrogen and oxygen atoms in total. The van der Waals surface area contributed by atoms with Crippen LogP contribution < -0.4 is 5.32 Å². The number of nitrogens with zero attached hydrogens (tertiary/aromatic N) is 1. The predicted octanol–water partition coefficient (Wildman–Crippen LogP) is 4.69. The summed E-state index contributed by atoms with van der Waals surface area (Å²) in [5, 5.41) is 12.8. The number of carbonyl (C=O) groups excluding carboxylic acids is 1. The lowest BCUT2D eigenvalue weighted by Crippen LogP contribution is -2.33.